The van der Waals surface area contributed by atoms with Crippen molar-refractivity contribution in [1.82, 2.24) is 4.90 Å². The van der Waals surface area contributed by atoms with Gasteiger partial charge in [-0.15, -0.1) is 0 Å². The standard InChI is InChI=1S/C12H13FN3O4S/c1-15-7-10(11(17)16(2)12(15)18)21(19,20)14-9-5-3-4-8(13)6-9/h3-7,10,14H,1-2H3/q+1. The van der Waals surface area contributed by atoms with Crippen LogP contribution in [-0.2, 0) is 14.8 Å². The van der Waals surface area contributed by atoms with E-state index in [0.29, 0.717) is 0 Å². The van der Waals surface area contributed by atoms with Crippen LogP contribution in [-0.4, -0.2) is 55.4 Å². The average Bonchev–Trinajstić information content (AvgIpc) is 2.40. The fraction of sp³-hybridized carbons (Fsp3) is 0.250. The Hall–Kier alpha value is -2.29. The maximum Gasteiger partial charge on any atom is 0.500 e. The molecule has 0 saturated heterocycles. The van der Waals surface area contributed by atoms with Crippen molar-refractivity contribution in [2.75, 3.05) is 18.8 Å². The molecule has 1 aliphatic heterocycles. The number of benzene rings is 1. The summed E-state index contributed by atoms with van der Waals surface area (Å²) in [5, 5.41) is -1.56. The summed E-state index contributed by atoms with van der Waals surface area (Å²) >= 11 is 0. The monoisotopic (exact) mass is 314 g/mol. The number of nitrogens with one attached hydrogen (secondary N) is 1. The second-order valence-corrected chi connectivity index (χ2v) is 6.32. The summed E-state index contributed by atoms with van der Waals surface area (Å²) in [7, 11) is -1.61. The van der Waals surface area contributed by atoms with E-state index < -0.39 is 33.0 Å². The van der Waals surface area contributed by atoms with Crippen molar-refractivity contribution in [3.63, 3.8) is 0 Å². The normalized spacial score (nSPS) is 19.5. The van der Waals surface area contributed by atoms with Gasteiger partial charge in [-0.2, -0.15) is 9.69 Å². The molecule has 9 heteroatoms. The molecule has 3 amide bonds. The largest absolute Gasteiger partial charge is 0.500 e. The Morgan fingerprint density at radius 1 is 1.33 bits per heavy atom. The Balaban J connectivity index is 2.36. The molecule has 0 spiro atoms. The molecule has 1 aromatic rings. The van der Waals surface area contributed by atoms with E-state index in [0.717, 1.165) is 27.8 Å². The first kappa shape index (κ1) is 15.1. The van der Waals surface area contributed by atoms with Crippen LogP contribution in [0.5, 0.6) is 0 Å². The zero-order valence-corrected chi connectivity index (χ0v) is 12.1. The third-order valence-corrected chi connectivity index (χ3v) is 4.45. The summed E-state index contributed by atoms with van der Waals surface area (Å²) in [6.07, 6.45) is 1.01. The number of rotatable bonds is 3. The molecule has 1 atom stereocenters. The predicted molar refractivity (Wildman–Crippen MR) is 73.1 cm³/mol. The van der Waals surface area contributed by atoms with Gasteiger partial charge in [0.15, 0.2) is 0 Å². The molecule has 1 aliphatic rings. The van der Waals surface area contributed by atoms with Gasteiger partial charge in [0.1, 0.15) is 12.0 Å². The summed E-state index contributed by atoms with van der Waals surface area (Å²) in [4.78, 5) is 24.2. The van der Waals surface area contributed by atoms with E-state index in [4.69, 9.17) is 0 Å². The van der Waals surface area contributed by atoms with Gasteiger partial charge >= 0.3 is 11.9 Å². The van der Waals surface area contributed by atoms with Crippen LogP contribution in [0.25, 0.3) is 0 Å². The molecule has 0 fully saturated rings. The number of hydrogen-bond acceptors (Lipinski definition) is 4. The molecular formula is C12H13FN3O4S+. The van der Waals surface area contributed by atoms with Crippen LogP contribution in [0.15, 0.2) is 24.3 Å². The fourth-order valence-electron chi connectivity index (χ4n) is 1.84. The predicted octanol–water partition coefficient (Wildman–Crippen LogP) is 0.241. The van der Waals surface area contributed by atoms with Crippen LogP contribution in [0.3, 0.4) is 0 Å². The second-order valence-electron chi connectivity index (χ2n) is 4.52. The summed E-state index contributed by atoms with van der Waals surface area (Å²) in [6, 6.07) is 4.21. The van der Waals surface area contributed by atoms with Crippen molar-refractivity contribution in [2.24, 2.45) is 0 Å². The van der Waals surface area contributed by atoms with E-state index in [2.05, 4.69) is 4.72 Å². The molecule has 0 aliphatic carbocycles. The van der Waals surface area contributed by atoms with E-state index in [-0.39, 0.29) is 5.69 Å². The highest BCUT2D eigenvalue weighted by Gasteiger charge is 2.46. The molecule has 0 bridgehead atoms. The zero-order chi connectivity index (χ0) is 15.8. The lowest BCUT2D eigenvalue weighted by Gasteiger charge is -2.20. The quantitative estimate of drug-likeness (QED) is 0.810. The number of urea groups is 1. The van der Waals surface area contributed by atoms with Gasteiger partial charge in [-0.05, 0) is 18.2 Å². The molecule has 0 saturated carbocycles. The Bertz CT molecular complexity index is 745. The van der Waals surface area contributed by atoms with Gasteiger partial charge in [0, 0.05) is 0 Å². The first-order valence-electron chi connectivity index (χ1n) is 5.89. The zero-order valence-electron chi connectivity index (χ0n) is 11.3. The highest BCUT2D eigenvalue weighted by atomic mass is 32.2. The van der Waals surface area contributed by atoms with Crippen molar-refractivity contribution in [3.05, 3.63) is 30.1 Å². The molecule has 1 N–H and O–H groups in total. The summed E-state index contributed by atoms with van der Waals surface area (Å²) in [5.41, 5.74) is -0.00148. The van der Waals surface area contributed by atoms with E-state index in [1.807, 2.05) is 0 Å². The van der Waals surface area contributed by atoms with Gasteiger partial charge in [-0.3, -0.25) is 4.72 Å². The van der Waals surface area contributed by atoms with Crippen LogP contribution >= 0.6 is 0 Å². The smallest absolute Gasteiger partial charge is 0.282 e. The molecule has 21 heavy (non-hydrogen) atoms. The van der Waals surface area contributed by atoms with Gasteiger partial charge in [0.2, 0.25) is 5.25 Å². The minimum atomic E-state index is -4.15. The third kappa shape index (κ3) is 2.92. The van der Waals surface area contributed by atoms with Gasteiger partial charge in [-0.25, -0.2) is 22.2 Å². The van der Waals surface area contributed by atoms with E-state index in [9.17, 15) is 22.4 Å². The van der Waals surface area contributed by atoms with Crippen molar-refractivity contribution >= 4 is 33.9 Å². The number of sulfonamides is 1. The topological polar surface area (TPSA) is 86.6 Å². The molecule has 1 aromatic carbocycles. The highest BCUT2D eigenvalue weighted by Crippen LogP contribution is 2.15. The first-order chi connectivity index (χ1) is 9.72. The number of imide groups is 1. The fourth-order valence-corrected chi connectivity index (χ4v) is 3.19. The molecule has 0 aromatic heterocycles. The van der Waals surface area contributed by atoms with Crippen molar-refractivity contribution in [3.8, 4) is 0 Å². The Morgan fingerprint density at radius 2 is 2.00 bits per heavy atom. The third-order valence-electron chi connectivity index (χ3n) is 2.94. The van der Waals surface area contributed by atoms with E-state index in [1.54, 1.807) is 0 Å². The highest BCUT2D eigenvalue weighted by molar-refractivity contribution is 7.94. The van der Waals surface area contributed by atoms with Crippen LogP contribution in [0.2, 0.25) is 0 Å². The van der Waals surface area contributed by atoms with Gasteiger partial charge < -0.3 is 0 Å². The number of halogens is 1. The first-order valence-corrected chi connectivity index (χ1v) is 7.43. The minimum Gasteiger partial charge on any atom is -0.282 e. The van der Waals surface area contributed by atoms with Crippen molar-refractivity contribution in [1.29, 1.82) is 0 Å². The van der Waals surface area contributed by atoms with Crippen molar-refractivity contribution in [2.45, 2.75) is 5.25 Å². The summed E-state index contributed by atoms with van der Waals surface area (Å²) < 4.78 is 40.7. The molecule has 2 rings (SSSR count). The van der Waals surface area contributed by atoms with E-state index in [1.165, 1.54) is 26.2 Å². The number of amides is 3. The lowest BCUT2D eigenvalue weighted by molar-refractivity contribution is -0.399. The molecule has 1 heterocycles. The Morgan fingerprint density at radius 3 is 2.62 bits per heavy atom. The Labute approximate surface area is 120 Å². The summed E-state index contributed by atoms with van der Waals surface area (Å²) in [5.74, 6) is -1.49. The van der Waals surface area contributed by atoms with Gasteiger partial charge in [-0.1, -0.05) is 6.07 Å². The number of hydrogen-bond donors (Lipinski definition) is 1. The van der Waals surface area contributed by atoms with Crippen LogP contribution < -0.4 is 4.72 Å². The number of anilines is 1. The molecule has 7 nitrogen and oxygen atoms in total. The molecule has 0 radical (unpaired) electrons. The maximum absolute atomic E-state index is 13.1. The maximum atomic E-state index is 13.1. The number of carbonyl (C=O) groups is 2. The van der Waals surface area contributed by atoms with Gasteiger partial charge in [0.05, 0.1) is 19.8 Å². The number of nitrogens with zero attached hydrogens (tertiary/aromatic N) is 2. The van der Waals surface area contributed by atoms with Crippen molar-refractivity contribution < 1.29 is 27.0 Å². The van der Waals surface area contributed by atoms with Gasteiger partial charge in [0.25, 0.3) is 10.0 Å². The molecule has 112 valence electrons. The number of carbonyl (C=O) groups excluding carboxylic acids is 2. The SMILES string of the molecule is CN1C(=O)C(S(=O)(=O)Nc2cccc(F)c2)C=[N+](C)C1=O. The van der Waals surface area contributed by atoms with Crippen LogP contribution in [0.4, 0.5) is 14.9 Å². The van der Waals surface area contributed by atoms with E-state index >= 15 is 0 Å². The van der Waals surface area contributed by atoms with Crippen LogP contribution in [0.1, 0.15) is 0 Å². The lowest BCUT2D eigenvalue weighted by atomic mass is 10.3. The Kier molecular flexibility index (Phi) is 3.77. The minimum absolute atomic E-state index is 0.00148. The molecule has 1 unspecified atom stereocenters. The average molecular weight is 314 g/mol. The molecular weight excluding hydrogens is 301 g/mol. The lowest BCUT2D eigenvalue weighted by Crippen LogP contribution is -2.54. The summed E-state index contributed by atoms with van der Waals surface area (Å²) in [6.45, 7) is 0. The second kappa shape index (κ2) is 5.24. The van der Waals surface area contributed by atoms with Crippen LogP contribution in [0, 0.1) is 5.82 Å².